The summed E-state index contributed by atoms with van der Waals surface area (Å²) in [6.45, 7) is 2.49. The number of halogens is 3. The fraction of sp³-hybridized carbons (Fsp3) is 0.455. The predicted octanol–water partition coefficient (Wildman–Crippen LogP) is 4.30. The molecule has 0 heterocycles. The summed E-state index contributed by atoms with van der Waals surface area (Å²) in [7, 11) is 0. The standard InChI is InChI=1S/C11H13BrF2O/c1-2-3-4-5-15-11-7-9(13)8(12)6-10(11)14/h6-7H,2-5H2,1H3. The molecule has 0 spiro atoms. The Morgan fingerprint density at radius 3 is 2.60 bits per heavy atom. The summed E-state index contributed by atoms with van der Waals surface area (Å²) < 4.78 is 31.5. The Kier molecular flexibility index (Phi) is 5.02. The van der Waals surface area contributed by atoms with Crippen molar-refractivity contribution in [3.63, 3.8) is 0 Å². The zero-order valence-corrected chi connectivity index (χ0v) is 10.1. The lowest BCUT2D eigenvalue weighted by Crippen LogP contribution is -1.99. The van der Waals surface area contributed by atoms with Gasteiger partial charge >= 0.3 is 0 Å². The largest absolute Gasteiger partial charge is 0.490 e. The van der Waals surface area contributed by atoms with E-state index in [9.17, 15) is 8.78 Å². The summed E-state index contributed by atoms with van der Waals surface area (Å²) in [4.78, 5) is 0. The minimum atomic E-state index is -0.542. The third kappa shape index (κ3) is 3.78. The van der Waals surface area contributed by atoms with Gasteiger partial charge in [-0.1, -0.05) is 19.8 Å². The van der Waals surface area contributed by atoms with Gasteiger partial charge in [-0.3, -0.25) is 0 Å². The molecule has 0 amide bonds. The third-order valence-electron chi connectivity index (χ3n) is 1.98. The van der Waals surface area contributed by atoms with Crippen molar-refractivity contribution < 1.29 is 13.5 Å². The van der Waals surface area contributed by atoms with Gasteiger partial charge in [0.25, 0.3) is 0 Å². The SMILES string of the molecule is CCCCCOc1cc(F)c(Br)cc1F. The zero-order chi connectivity index (χ0) is 11.3. The van der Waals surface area contributed by atoms with Crippen molar-refractivity contribution in [1.82, 2.24) is 0 Å². The Labute approximate surface area is 96.6 Å². The summed E-state index contributed by atoms with van der Waals surface area (Å²) in [5.74, 6) is -1.08. The van der Waals surface area contributed by atoms with Crippen molar-refractivity contribution >= 4 is 15.9 Å². The van der Waals surface area contributed by atoms with Crippen LogP contribution in [0.25, 0.3) is 0 Å². The molecule has 84 valence electrons. The minimum Gasteiger partial charge on any atom is -0.490 e. The van der Waals surface area contributed by atoms with Crippen LogP contribution in [0.2, 0.25) is 0 Å². The Hall–Kier alpha value is -0.640. The van der Waals surface area contributed by atoms with Crippen LogP contribution in [0.5, 0.6) is 5.75 Å². The molecule has 0 saturated heterocycles. The molecule has 0 aliphatic heterocycles. The van der Waals surface area contributed by atoms with Crippen molar-refractivity contribution in [3.8, 4) is 5.75 Å². The fourth-order valence-corrected chi connectivity index (χ4v) is 1.46. The van der Waals surface area contributed by atoms with Crippen molar-refractivity contribution in [2.75, 3.05) is 6.61 Å². The van der Waals surface area contributed by atoms with E-state index < -0.39 is 11.6 Å². The van der Waals surface area contributed by atoms with E-state index in [0.29, 0.717) is 6.61 Å². The van der Waals surface area contributed by atoms with Gasteiger partial charge in [0.1, 0.15) is 5.82 Å². The smallest absolute Gasteiger partial charge is 0.166 e. The topological polar surface area (TPSA) is 9.23 Å². The lowest BCUT2D eigenvalue weighted by molar-refractivity contribution is 0.289. The van der Waals surface area contributed by atoms with Gasteiger partial charge in [-0.25, -0.2) is 8.78 Å². The summed E-state index contributed by atoms with van der Waals surface area (Å²) in [5.41, 5.74) is 0. The third-order valence-corrected chi connectivity index (χ3v) is 2.59. The number of unbranched alkanes of at least 4 members (excludes halogenated alkanes) is 2. The molecule has 0 bridgehead atoms. The van der Waals surface area contributed by atoms with Gasteiger partial charge in [0, 0.05) is 6.07 Å². The second kappa shape index (κ2) is 6.05. The normalized spacial score (nSPS) is 10.4. The number of hydrogen-bond acceptors (Lipinski definition) is 1. The van der Waals surface area contributed by atoms with Crippen molar-refractivity contribution in [3.05, 3.63) is 28.2 Å². The van der Waals surface area contributed by atoms with Gasteiger partial charge < -0.3 is 4.74 Å². The molecule has 1 nitrogen and oxygen atoms in total. The highest BCUT2D eigenvalue weighted by molar-refractivity contribution is 9.10. The molecule has 1 aromatic carbocycles. The van der Waals surface area contributed by atoms with Crippen LogP contribution in [-0.2, 0) is 0 Å². The van der Waals surface area contributed by atoms with E-state index in [-0.39, 0.29) is 10.2 Å². The van der Waals surface area contributed by atoms with Crippen LogP contribution in [0.15, 0.2) is 16.6 Å². The fourth-order valence-electron chi connectivity index (χ4n) is 1.15. The maximum Gasteiger partial charge on any atom is 0.166 e. The Morgan fingerprint density at radius 2 is 1.93 bits per heavy atom. The number of rotatable bonds is 5. The van der Waals surface area contributed by atoms with E-state index in [4.69, 9.17) is 4.74 Å². The molecule has 1 rings (SSSR count). The summed E-state index contributed by atoms with van der Waals surface area (Å²) in [5, 5.41) is 0. The molecular formula is C11H13BrF2O. The van der Waals surface area contributed by atoms with Gasteiger partial charge in [-0.2, -0.15) is 0 Å². The Morgan fingerprint density at radius 1 is 1.20 bits per heavy atom. The first-order chi connectivity index (χ1) is 7.15. The van der Waals surface area contributed by atoms with E-state index in [0.717, 1.165) is 31.4 Å². The molecule has 4 heteroatoms. The van der Waals surface area contributed by atoms with E-state index in [1.165, 1.54) is 0 Å². The summed E-state index contributed by atoms with van der Waals surface area (Å²) >= 11 is 2.90. The Balaban J connectivity index is 2.57. The van der Waals surface area contributed by atoms with Crippen molar-refractivity contribution in [2.45, 2.75) is 26.2 Å². The molecule has 0 saturated carbocycles. The highest BCUT2D eigenvalue weighted by Crippen LogP contribution is 2.25. The number of ether oxygens (including phenoxy) is 1. The van der Waals surface area contributed by atoms with Crippen molar-refractivity contribution in [2.24, 2.45) is 0 Å². The first-order valence-electron chi connectivity index (χ1n) is 4.92. The van der Waals surface area contributed by atoms with Crippen LogP contribution in [0.4, 0.5) is 8.78 Å². The van der Waals surface area contributed by atoms with Gasteiger partial charge in [0.15, 0.2) is 11.6 Å². The molecule has 0 N–H and O–H groups in total. The Bertz CT molecular complexity index is 329. The lowest BCUT2D eigenvalue weighted by atomic mass is 10.2. The van der Waals surface area contributed by atoms with Crippen LogP contribution in [0, 0.1) is 11.6 Å². The van der Waals surface area contributed by atoms with E-state index in [2.05, 4.69) is 22.9 Å². The highest BCUT2D eigenvalue weighted by Gasteiger charge is 2.08. The zero-order valence-electron chi connectivity index (χ0n) is 8.53. The average Bonchev–Trinajstić information content (AvgIpc) is 2.20. The monoisotopic (exact) mass is 278 g/mol. The lowest BCUT2D eigenvalue weighted by Gasteiger charge is -2.07. The van der Waals surface area contributed by atoms with Gasteiger partial charge in [-0.15, -0.1) is 0 Å². The minimum absolute atomic E-state index is 0.0215. The average molecular weight is 279 g/mol. The van der Waals surface area contributed by atoms with Crippen LogP contribution < -0.4 is 4.74 Å². The molecular weight excluding hydrogens is 266 g/mol. The summed E-state index contributed by atoms with van der Waals surface area (Å²) in [6, 6.07) is 2.13. The molecule has 0 fully saturated rings. The van der Waals surface area contributed by atoms with Gasteiger partial charge in [-0.05, 0) is 28.4 Å². The molecule has 0 unspecified atom stereocenters. The maximum atomic E-state index is 13.2. The first kappa shape index (κ1) is 12.4. The van der Waals surface area contributed by atoms with E-state index in [1.807, 2.05) is 0 Å². The van der Waals surface area contributed by atoms with Crippen LogP contribution in [0.1, 0.15) is 26.2 Å². The van der Waals surface area contributed by atoms with Gasteiger partial charge in [0.05, 0.1) is 11.1 Å². The molecule has 0 aliphatic rings. The second-order valence-electron chi connectivity index (χ2n) is 3.25. The quantitative estimate of drug-likeness (QED) is 0.577. The maximum absolute atomic E-state index is 13.2. The molecule has 15 heavy (non-hydrogen) atoms. The van der Waals surface area contributed by atoms with E-state index in [1.54, 1.807) is 0 Å². The molecule has 0 aromatic heterocycles. The number of hydrogen-bond donors (Lipinski definition) is 0. The molecule has 0 radical (unpaired) electrons. The predicted molar refractivity (Wildman–Crippen MR) is 59.1 cm³/mol. The van der Waals surface area contributed by atoms with Crippen LogP contribution in [0.3, 0.4) is 0 Å². The highest BCUT2D eigenvalue weighted by atomic mass is 79.9. The van der Waals surface area contributed by atoms with Crippen LogP contribution in [-0.4, -0.2) is 6.61 Å². The first-order valence-corrected chi connectivity index (χ1v) is 5.71. The van der Waals surface area contributed by atoms with Crippen molar-refractivity contribution in [1.29, 1.82) is 0 Å². The second-order valence-corrected chi connectivity index (χ2v) is 4.11. The molecule has 1 aromatic rings. The van der Waals surface area contributed by atoms with Crippen LogP contribution >= 0.6 is 15.9 Å². The van der Waals surface area contributed by atoms with Gasteiger partial charge in [0.2, 0.25) is 0 Å². The molecule has 0 aliphatic carbocycles. The van der Waals surface area contributed by atoms with E-state index >= 15 is 0 Å². The summed E-state index contributed by atoms with van der Waals surface area (Å²) in [6.07, 6.45) is 2.95. The number of benzene rings is 1. The molecule has 0 atom stereocenters.